The molecule has 1 fully saturated rings. The van der Waals surface area contributed by atoms with E-state index in [1.54, 1.807) is 11.8 Å². The summed E-state index contributed by atoms with van der Waals surface area (Å²) < 4.78 is 4.61. The molecule has 0 N–H and O–H groups in total. The van der Waals surface area contributed by atoms with Crippen molar-refractivity contribution in [2.24, 2.45) is 5.92 Å². The standard InChI is InChI=1S/C10H18O2S/c1-8-4-3-5-9(6-8)13-7-10(11)12-2/h8-9H,3-7H2,1-2H3. The SMILES string of the molecule is COC(=O)CSC1CCCC(C)C1. The third-order valence-corrected chi connectivity index (χ3v) is 3.85. The molecule has 0 bridgehead atoms. The normalized spacial score (nSPS) is 28.5. The van der Waals surface area contributed by atoms with Crippen LogP contribution in [-0.4, -0.2) is 24.1 Å². The zero-order chi connectivity index (χ0) is 9.68. The second kappa shape index (κ2) is 5.53. The van der Waals surface area contributed by atoms with Crippen molar-refractivity contribution < 1.29 is 9.53 Å². The predicted molar refractivity (Wildman–Crippen MR) is 55.9 cm³/mol. The molecule has 0 saturated heterocycles. The van der Waals surface area contributed by atoms with Crippen LogP contribution in [0.2, 0.25) is 0 Å². The maximum Gasteiger partial charge on any atom is 0.315 e. The van der Waals surface area contributed by atoms with Crippen LogP contribution in [0.15, 0.2) is 0 Å². The van der Waals surface area contributed by atoms with Crippen LogP contribution in [0.4, 0.5) is 0 Å². The van der Waals surface area contributed by atoms with E-state index >= 15 is 0 Å². The lowest BCUT2D eigenvalue weighted by Gasteiger charge is -2.25. The van der Waals surface area contributed by atoms with E-state index in [2.05, 4.69) is 11.7 Å². The molecule has 0 spiro atoms. The second-order valence-corrected chi connectivity index (χ2v) is 5.07. The molecule has 3 heteroatoms. The van der Waals surface area contributed by atoms with Crippen molar-refractivity contribution in [1.29, 1.82) is 0 Å². The maximum absolute atomic E-state index is 10.9. The Morgan fingerprint density at radius 2 is 2.31 bits per heavy atom. The fourth-order valence-electron chi connectivity index (χ4n) is 1.77. The summed E-state index contributed by atoms with van der Waals surface area (Å²) >= 11 is 1.76. The highest BCUT2D eigenvalue weighted by Gasteiger charge is 2.19. The first-order chi connectivity index (χ1) is 6.22. The van der Waals surface area contributed by atoms with E-state index in [9.17, 15) is 4.79 Å². The molecule has 0 aromatic heterocycles. The number of carbonyl (C=O) groups is 1. The van der Waals surface area contributed by atoms with Crippen LogP contribution in [0.25, 0.3) is 0 Å². The van der Waals surface area contributed by atoms with Gasteiger partial charge in [-0.3, -0.25) is 4.79 Å². The lowest BCUT2D eigenvalue weighted by Crippen LogP contribution is -2.17. The van der Waals surface area contributed by atoms with E-state index in [-0.39, 0.29) is 5.97 Å². The molecule has 0 radical (unpaired) electrons. The van der Waals surface area contributed by atoms with E-state index < -0.39 is 0 Å². The van der Waals surface area contributed by atoms with Gasteiger partial charge in [-0.1, -0.05) is 19.8 Å². The Morgan fingerprint density at radius 1 is 1.54 bits per heavy atom. The van der Waals surface area contributed by atoms with E-state index in [1.807, 2.05) is 0 Å². The molecule has 13 heavy (non-hydrogen) atoms. The molecule has 1 aliphatic rings. The topological polar surface area (TPSA) is 26.3 Å². The summed E-state index contributed by atoms with van der Waals surface area (Å²) in [6, 6.07) is 0. The van der Waals surface area contributed by atoms with Crippen molar-refractivity contribution in [2.75, 3.05) is 12.9 Å². The number of esters is 1. The minimum Gasteiger partial charge on any atom is -0.468 e. The minimum atomic E-state index is -0.0942. The molecule has 0 amide bonds. The summed E-state index contributed by atoms with van der Waals surface area (Å²) in [5, 5.41) is 0.683. The number of methoxy groups -OCH3 is 1. The molecule has 76 valence electrons. The van der Waals surface area contributed by atoms with Crippen molar-refractivity contribution in [3.05, 3.63) is 0 Å². The Hall–Kier alpha value is -0.180. The van der Waals surface area contributed by atoms with Gasteiger partial charge in [-0.2, -0.15) is 0 Å². The molecule has 2 nitrogen and oxygen atoms in total. The zero-order valence-corrected chi connectivity index (χ0v) is 9.23. The number of hydrogen-bond donors (Lipinski definition) is 0. The maximum atomic E-state index is 10.9. The molecular weight excluding hydrogens is 184 g/mol. The summed E-state index contributed by atoms with van der Waals surface area (Å²) in [5.41, 5.74) is 0. The molecular formula is C10H18O2S. The van der Waals surface area contributed by atoms with Crippen LogP contribution in [-0.2, 0) is 9.53 Å². The van der Waals surface area contributed by atoms with Gasteiger partial charge in [0.2, 0.25) is 0 Å². The molecule has 2 unspecified atom stereocenters. The smallest absolute Gasteiger partial charge is 0.315 e. The second-order valence-electron chi connectivity index (χ2n) is 3.78. The minimum absolute atomic E-state index is 0.0942. The first-order valence-electron chi connectivity index (χ1n) is 4.90. The Bertz CT molecular complexity index is 170. The third-order valence-electron chi connectivity index (χ3n) is 2.55. The van der Waals surface area contributed by atoms with E-state index in [1.165, 1.54) is 32.8 Å². The Morgan fingerprint density at radius 3 is 2.92 bits per heavy atom. The van der Waals surface area contributed by atoms with Crippen molar-refractivity contribution in [3.63, 3.8) is 0 Å². The van der Waals surface area contributed by atoms with Gasteiger partial charge >= 0.3 is 5.97 Å². The van der Waals surface area contributed by atoms with Gasteiger partial charge in [-0.15, -0.1) is 11.8 Å². The largest absolute Gasteiger partial charge is 0.468 e. The van der Waals surface area contributed by atoms with Gasteiger partial charge in [0, 0.05) is 5.25 Å². The van der Waals surface area contributed by atoms with E-state index in [0.29, 0.717) is 11.0 Å². The molecule has 1 rings (SSSR count). The van der Waals surface area contributed by atoms with Crippen LogP contribution >= 0.6 is 11.8 Å². The summed E-state index contributed by atoms with van der Waals surface area (Å²) in [7, 11) is 1.45. The number of rotatable bonds is 3. The molecule has 2 atom stereocenters. The molecule has 0 aromatic carbocycles. The van der Waals surface area contributed by atoms with Crippen molar-refractivity contribution in [1.82, 2.24) is 0 Å². The lowest BCUT2D eigenvalue weighted by molar-refractivity contribution is -0.137. The number of ether oxygens (including phenoxy) is 1. The number of carbonyl (C=O) groups excluding carboxylic acids is 1. The first kappa shape index (κ1) is 10.9. The highest BCUT2D eigenvalue weighted by Crippen LogP contribution is 2.31. The van der Waals surface area contributed by atoms with Gasteiger partial charge in [0.25, 0.3) is 0 Å². The van der Waals surface area contributed by atoms with E-state index in [4.69, 9.17) is 0 Å². The Balaban J connectivity index is 2.17. The van der Waals surface area contributed by atoms with Gasteiger partial charge in [0.1, 0.15) is 0 Å². The van der Waals surface area contributed by atoms with Gasteiger partial charge < -0.3 is 4.74 Å². The van der Waals surface area contributed by atoms with E-state index in [0.717, 1.165) is 5.92 Å². The van der Waals surface area contributed by atoms with Crippen LogP contribution in [0.1, 0.15) is 32.6 Å². The molecule has 0 heterocycles. The van der Waals surface area contributed by atoms with Crippen LogP contribution in [0.5, 0.6) is 0 Å². The third kappa shape index (κ3) is 4.03. The predicted octanol–water partition coefficient (Wildman–Crippen LogP) is 2.47. The highest BCUT2D eigenvalue weighted by molar-refractivity contribution is 8.00. The summed E-state index contributed by atoms with van der Waals surface area (Å²) in [4.78, 5) is 10.9. The van der Waals surface area contributed by atoms with Crippen molar-refractivity contribution >= 4 is 17.7 Å². The van der Waals surface area contributed by atoms with Crippen molar-refractivity contribution in [2.45, 2.75) is 37.9 Å². The van der Waals surface area contributed by atoms with Gasteiger partial charge in [0.05, 0.1) is 12.9 Å². The molecule has 1 saturated carbocycles. The number of hydrogen-bond acceptors (Lipinski definition) is 3. The van der Waals surface area contributed by atoms with Crippen LogP contribution < -0.4 is 0 Å². The average Bonchev–Trinajstić information content (AvgIpc) is 2.14. The van der Waals surface area contributed by atoms with Crippen LogP contribution in [0, 0.1) is 5.92 Å². The number of thioether (sulfide) groups is 1. The highest BCUT2D eigenvalue weighted by atomic mass is 32.2. The Labute approximate surface area is 84.4 Å². The summed E-state index contributed by atoms with van der Waals surface area (Å²) in [6.07, 6.45) is 5.21. The fraction of sp³-hybridized carbons (Fsp3) is 0.900. The fourth-order valence-corrected chi connectivity index (χ4v) is 3.06. The summed E-state index contributed by atoms with van der Waals surface area (Å²) in [6.45, 7) is 2.30. The lowest BCUT2D eigenvalue weighted by atomic mass is 9.91. The van der Waals surface area contributed by atoms with Crippen molar-refractivity contribution in [3.8, 4) is 0 Å². The van der Waals surface area contributed by atoms with Gasteiger partial charge in [-0.25, -0.2) is 0 Å². The Kier molecular flexibility index (Phi) is 4.64. The average molecular weight is 202 g/mol. The molecule has 0 aliphatic heterocycles. The van der Waals surface area contributed by atoms with Crippen LogP contribution in [0.3, 0.4) is 0 Å². The quantitative estimate of drug-likeness (QED) is 0.658. The van der Waals surface area contributed by atoms with Gasteiger partial charge in [0.15, 0.2) is 0 Å². The molecule has 1 aliphatic carbocycles. The van der Waals surface area contributed by atoms with Gasteiger partial charge in [-0.05, 0) is 18.8 Å². The monoisotopic (exact) mass is 202 g/mol. The molecule has 0 aromatic rings. The first-order valence-corrected chi connectivity index (χ1v) is 5.95. The summed E-state index contributed by atoms with van der Waals surface area (Å²) in [5.74, 6) is 1.26. The zero-order valence-electron chi connectivity index (χ0n) is 8.41.